The fourth-order valence-corrected chi connectivity index (χ4v) is 1.50. The summed E-state index contributed by atoms with van der Waals surface area (Å²) in [5.41, 5.74) is 1.52. The van der Waals surface area contributed by atoms with Crippen molar-refractivity contribution in [2.75, 3.05) is 0 Å². The van der Waals surface area contributed by atoms with Crippen molar-refractivity contribution in [3.63, 3.8) is 0 Å². The molecule has 1 N–H and O–H groups in total. The van der Waals surface area contributed by atoms with E-state index in [-0.39, 0.29) is 12.4 Å². The molecule has 2 aromatic rings. The van der Waals surface area contributed by atoms with E-state index in [1.54, 1.807) is 6.07 Å². The summed E-state index contributed by atoms with van der Waals surface area (Å²) in [4.78, 5) is 0. The average Bonchev–Trinajstić information content (AvgIpc) is 2.38. The Kier molecular flexibility index (Phi) is 3.73. The van der Waals surface area contributed by atoms with Crippen LogP contribution in [0.2, 0.25) is 0 Å². The smallest absolute Gasteiger partial charge is 0.165 e. The summed E-state index contributed by atoms with van der Waals surface area (Å²) in [6.45, 7) is 0.159. The highest BCUT2D eigenvalue weighted by Crippen LogP contribution is 2.19. The molecule has 88 valence electrons. The van der Waals surface area contributed by atoms with Gasteiger partial charge >= 0.3 is 0 Å². The number of hydrogen-bond donors (Lipinski definition) is 1. The predicted molar refractivity (Wildman–Crippen MR) is 63.1 cm³/mol. The third-order valence-corrected chi connectivity index (χ3v) is 2.42. The van der Waals surface area contributed by atoms with Gasteiger partial charge in [-0.05, 0) is 23.3 Å². The molecule has 0 radical (unpaired) electrons. The number of hydrogen-bond acceptors (Lipinski definition) is 2. The van der Waals surface area contributed by atoms with Crippen LogP contribution in [0.5, 0.6) is 5.75 Å². The van der Waals surface area contributed by atoms with Gasteiger partial charge in [0.2, 0.25) is 0 Å². The lowest BCUT2D eigenvalue weighted by Gasteiger charge is -2.08. The number of benzene rings is 2. The number of ether oxygens (including phenoxy) is 1. The molecule has 0 heterocycles. The van der Waals surface area contributed by atoms with Crippen molar-refractivity contribution in [1.82, 2.24) is 0 Å². The molecule has 0 aliphatic carbocycles. The first-order chi connectivity index (χ1) is 8.29. The van der Waals surface area contributed by atoms with Gasteiger partial charge in [-0.2, -0.15) is 0 Å². The molecular formula is C14H13FO2. The minimum Gasteiger partial charge on any atom is -0.486 e. The Morgan fingerprint density at radius 3 is 2.41 bits per heavy atom. The lowest BCUT2D eigenvalue weighted by atomic mass is 10.2. The lowest BCUT2D eigenvalue weighted by molar-refractivity contribution is 0.276. The van der Waals surface area contributed by atoms with Crippen LogP contribution in [0.15, 0.2) is 48.5 Å². The lowest BCUT2D eigenvalue weighted by Crippen LogP contribution is -1.98. The van der Waals surface area contributed by atoms with Gasteiger partial charge in [0.15, 0.2) is 11.6 Å². The summed E-state index contributed by atoms with van der Waals surface area (Å²) in [7, 11) is 0. The highest BCUT2D eigenvalue weighted by molar-refractivity contribution is 5.29. The molecule has 0 saturated carbocycles. The third kappa shape index (κ3) is 3.04. The van der Waals surface area contributed by atoms with Crippen molar-refractivity contribution in [2.45, 2.75) is 13.2 Å². The zero-order valence-electron chi connectivity index (χ0n) is 9.27. The van der Waals surface area contributed by atoms with E-state index in [1.807, 2.05) is 30.3 Å². The van der Waals surface area contributed by atoms with Crippen LogP contribution in [0.3, 0.4) is 0 Å². The Morgan fingerprint density at radius 1 is 1.00 bits per heavy atom. The molecule has 0 aromatic heterocycles. The standard InChI is InChI=1S/C14H13FO2/c15-13-8-12(9-16)6-7-14(13)17-10-11-4-2-1-3-5-11/h1-8,16H,9-10H2. The molecule has 0 spiro atoms. The van der Waals surface area contributed by atoms with Gasteiger partial charge in [-0.1, -0.05) is 36.4 Å². The topological polar surface area (TPSA) is 29.5 Å². The summed E-state index contributed by atoms with van der Waals surface area (Å²) in [6.07, 6.45) is 0. The fourth-order valence-electron chi connectivity index (χ4n) is 1.50. The fraction of sp³-hybridized carbons (Fsp3) is 0.143. The van der Waals surface area contributed by atoms with E-state index in [9.17, 15) is 4.39 Å². The average molecular weight is 232 g/mol. The first kappa shape index (κ1) is 11.6. The number of aliphatic hydroxyl groups is 1. The van der Waals surface area contributed by atoms with Crippen LogP contribution < -0.4 is 4.74 Å². The van der Waals surface area contributed by atoms with Crippen molar-refractivity contribution in [3.8, 4) is 5.75 Å². The van der Waals surface area contributed by atoms with Gasteiger partial charge in [-0.3, -0.25) is 0 Å². The van der Waals surface area contributed by atoms with Crippen LogP contribution in [0.4, 0.5) is 4.39 Å². The van der Waals surface area contributed by atoms with Gasteiger partial charge in [0.1, 0.15) is 6.61 Å². The Labute approximate surface area is 99.3 Å². The maximum absolute atomic E-state index is 13.5. The first-order valence-corrected chi connectivity index (χ1v) is 5.35. The van der Waals surface area contributed by atoms with Crippen molar-refractivity contribution in [2.24, 2.45) is 0 Å². The van der Waals surface area contributed by atoms with Crippen molar-refractivity contribution in [3.05, 3.63) is 65.5 Å². The van der Waals surface area contributed by atoms with Gasteiger partial charge in [-0.25, -0.2) is 4.39 Å². The van der Waals surface area contributed by atoms with Crippen molar-refractivity contribution in [1.29, 1.82) is 0 Å². The van der Waals surface area contributed by atoms with Crippen LogP contribution in [0.25, 0.3) is 0 Å². The summed E-state index contributed by atoms with van der Waals surface area (Å²) in [5.74, 6) is -0.251. The molecule has 0 amide bonds. The van der Waals surface area contributed by atoms with E-state index in [2.05, 4.69) is 0 Å². The Balaban J connectivity index is 2.04. The maximum atomic E-state index is 13.5. The quantitative estimate of drug-likeness (QED) is 0.878. The molecule has 2 aromatic carbocycles. The monoisotopic (exact) mass is 232 g/mol. The molecule has 17 heavy (non-hydrogen) atoms. The van der Waals surface area contributed by atoms with Crippen molar-refractivity contribution < 1.29 is 14.2 Å². The van der Waals surface area contributed by atoms with Crippen LogP contribution >= 0.6 is 0 Å². The summed E-state index contributed by atoms with van der Waals surface area (Å²) in [5, 5.41) is 8.85. The number of aliphatic hydroxyl groups excluding tert-OH is 1. The van der Waals surface area contributed by atoms with Gasteiger partial charge in [0.05, 0.1) is 6.61 Å². The third-order valence-electron chi connectivity index (χ3n) is 2.42. The SMILES string of the molecule is OCc1ccc(OCc2ccccc2)c(F)c1. The zero-order valence-corrected chi connectivity index (χ0v) is 9.27. The molecular weight excluding hydrogens is 219 g/mol. The Morgan fingerprint density at radius 2 is 1.76 bits per heavy atom. The molecule has 0 saturated heterocycles. The highest BCUT2D eigenvalue weighted by Gasteiger charge is 2.04. The van der Waals surface area contributed by atoms with Gasteiger partial charge in [-0.15, -0.1) is 0 Å². The maximum Gasteiger partial charge on any atom is 0.165 e. The van der Waals surface area contributed by atoms with Crippen LogP contribution in [0, 0.1) is 5.82 Å². The Bertz CT molecular complexity index is 483. The second-order valence-corrected chi connectivity index (χ2v) is 3.70. The van der Waals surface area contributed by atoms with E-state index < -0.39 is 5.82 Å². The highest BCUT2D eigenvalue weighted by atomic mass is 19.1. The molecule has 3 heteroatoms. The second-order valence-electron chi connectivity index (χ2n) is 3.70. The molecule has 0 atom stereocenters. The molecule has 0 aliphatic rings. The minimum atomic E-state index is -0.451. The zero-order chi connectivity index (χ0) is 12.1. The van der Waals surface area contributed by atoms with Crippen LogP contribution in [0.1, 0.15) is 11.1 Å². The van der Waals surface area contributed by atoms with Crippen LogP contribution in [-0.4, -0.2) is 5.11 Å². The van der Waals surface area contributed by atoms with Crippen molar-refractivity contribution >= 4 is 0 Å². The van der Waals surface area contributed by atoms with E-state index >= 15 is 0 Å². The van der Waals surface area contributed by atoms with Gasteiger partial charge in [0.25, 0.3) is 0 Å². The molecule has 0 bridgehead atoms. The largest absolute Gasteiger partial charge is 0.486 e. The van der Waals surface area contributed by atoms with E-state index in [0.29, 0.717) is 12.2 Å². The molecule has 2 nitrogen and oxygen atoms in total. The van der Waals surface area contributed by atoms with Gasteiger partial charge in [0, 0.05) is 0 Å². The van der Waals surface area contributed by atoms with Crippen LogP contribution in [-0.2, 0) is 13.2 Å². The molecule has 2 rings (SSSR count). The Hall–Kier alpha value is -1.87. The summed E-state index contributed by atoms with van der Waals surface area (Å²) >= 11 is 0. The second kappa shape index (κ2) is 5.46. The molecule has 0 fully saturated rings. The van der Waals surface area contributed by atoms with E-state index in [4.69, 9.17) is 9.84 Å². The number of rotatable bonds is 4. The van der Waals surface area contributed by atoms with Gasteiger partial charge < -0.3 is 9.84 Å². The first-order valence-electron chi connectivity index (χ1n) is 5.35. The molecule has 0 unspecified atom stereocenters. The normalized spacial score (nSPS) is 10.2. The summed E-state index contributed by atoms with van der Waals surface area (Å²) in [6, 6.07) is 14.0. The molecule has 0 aliphatic heterocycles. The van der Waals surface area contributed by atoms with E-state index in [0.717, 1.165) is 5.56 Å². The minimum absolute atomic E-state index is 0.171. The summed E-state index contributed by atoms with van der Waals surface area (Å²) < 4.78 is 18.9. The number of halogens is 1. The predicted octanol–water partition coefficient (Wildman–Crippen LogP) is 2.90. The van der Waals surface area contributed by atoms with E-state index in [1.165, 1.54) is 12.1 Å².